The van der Waals surface area contributed by atoms with Crippen molar-refractivity contribution in [1.29, 1.82) is 5.26 Å². The van der Waals surface area contributed by atoms with Gasteiger partial charge < -0.3 is 14.4 Å². The fourth-order valence-electron chi connectivity index (χ4n) is 3.34. The number of nitriles is 1. The minimum Gasteiger partial charge on any atom is -0.493 e. The molecular weight excluding hydrogens is 418 g/mol. The minimum absolute atomic E-state index is 0.0212. The van der Waals surface area contributed by atoms with Crippen molar-refractivity contribution in [3.05, 3.63) is 54.1 Å². The van der Waals surface area contributed by atoms with Crippen LogP contribution in [0.4, 0.5) is 0 Å². The van der Waals surface area contributed by atoms with Gasteiger partial charge in [-0.05, 0) is 30.7 Å². The fourth-order valence-corrected chi connectivity index (χ4v) is 4.78. The molecule has 0 aromatic heterocycles. The molecule has 9 heteroatoms. The molecule has 1 aliphatic heterocycles. The van der Waals surface area contributed by atoms with Gasteiger partial charge in [-0.1, -0.05) is 18.2 Å². The lowest BCUT2D eigenvalue weighted by Crippen LogP contribution is -2.50. The topological polar surface area (TPSA) is 99.9 Å². The van der Waals surface area contributed by atoms with Crippen molar-refractivity contribution in [2.75, 3.05) is 39.9 Å². The lowest BCUT2D eigenvalue weighted by molar-refractivity contribution is -0.132. The van der Waals surface area contributed by atoms with E-state index >= 15 is 0 Å². The molecule has 0 N–H and O–H groups in total. The van der Waals surface area contributed by atoms with Gasteiger partial charge >= 0.3 is 0 Å². The Bertz CT molecular complexity index is 1040. The van der Waals surface area contributed by atoms with Gasteiger partial charge in [-0.25, -0.2) is 8.42 Å². The van der Waals surface area contributed by atoms with Crippen LogP contribution in [0.2, 0.25) is 0 Å². The lowest BCUT2D eigenvalue weighted by atomic mass is 10.2. The smallest absolute Gasteiger partial charge is 0.243 e. The quantitative estimate of drug-likeness (QED) is 0.580. The van der Waals surface area contributed by atoms with E-state index in [1.54, 1.807) is 53.4 Å². The summed E-state index contributed by atoms with van der Waals surface area (Å²) in [7, 11) is -2.03. The lowest BCUT2D eigenvalue weighted by Gasteiger charge is -2.34. The Kier molecular flexibility index (Phi) is 7.50. The van der Waals surface area contributed by atoms with Gasteiger partial charge in [-0.3, -0.25) is 4.79 Å². The summed E-state index contributed by atoms with van der Waals surface area (Å²) in [6.45, 7) is 1.63. The Labute approximate surface area is 182 Å². The molecule has 0 saturated carbocycles. The molecule has 3 rings (SSSR count). The van der Waals surface area contributed by atoms with E-state index in [9.17, 15) is 13.2 Å². The Balaban J connectivity index is 1.44. The molecule has 0 radical (unpaired) electrons. The Morgan fingerprint density at radius 1 is 1.06 bits per heavy atom. The predicted molar refractivity (Wildman–Crippen MR) is 114 cm³/mol. The fraction of sp³-hybridized carbons (Fsp3) is 0.364. The van der Waals surface area contributed by atoms with Crippen LogP contribution in [0.25, 0.3) is 0 Å². The highest BCUT2D eigenvalue weighted by atomic mass is 32.2. The first-order valence-corrected chi connectivity index (χ1v) is 11.4. The predicted octanol–water partition coefficient (Wildman–Crippen LogP) is 2.26. The van der Waals surface area contributed by atoms with Crippen LogP contribution >= 0.6 is 0 Å². The van der Waals surface area contributed by atoms with E-state index in [0.29, 0.717) is 49.6 Å². The SMILES string of the molecule is COc1cc(C#N)ccc1OCCCC(=O)N1CCN(S(=O)(=O)c2ccccc2)CC1. The van der Waals surface area contributed by atoms with Gasteiger partial charge in [0.2, 0.25) is 15.9 Å². The Morgan fingerprint density at radius 3 is 2.42 bits per heavy atom. The number of benzene rings is 2. The highest BCUT2D eigenvalue weighted by Gasteiger charge is 2.29. The largest absolute Gasteiger partial charge is 0.493 e. The van der Waals surface area contributed by atoms with Gasteiger partial charge in [0.05, 0.1) is 30.2 Å². The molecule has 8 nitrogen and oxygen atoms in total. The molecule has 1 fully saturated rings. The number of carbonyl (C=O) groups excluding carboxylic acids is 1. The number of sulfonamides is 1. The number of nitrogens with zero attached hydrogens (tertiary/aromatic N) is 3. The Hall–Kier alpha value is -3.09. The van der Waals surface area contributed by atoms with E-state index in [2.05, 4.69) is 0 Å². The van der Waals surface area contributed by atoms with E-state index in [1.165, 1.54) is 11.4 Å². The summed E-state index contributed by atoms with van der Waals surface area (Å²) in [4.78, 5) is 14.4. The normalized spacial score (nSPS) is 14.6. The second-order valence-electron chi connectivity index (χ2n) is 7.03. The van der Waals surface area contributed by atoms with Gasteiger partial charge in [0.15, 0.2) is 11.5 Å². The van der Waals surface area contributed by atoms with Crippen molar-refractivity contribution in [3.63, 3.8) is 0 Å². The molecule has 0 unspecified atom stereocenters. The van der Waals surface area contributed by atoms with Crippen LogP contribution in [0.5, 0.6) is 11.5 Å². The molecule has 164 valence electrons. The molecule has 2 aromatic rings. The molecular formula is C22H25N3O5S. The number of hydrogen-bond acceptors (Lipinski definition) is 6. The Morgan fingerprint density at radius 2 is 1.77 bits per heavy atom. The number of hydrogen-bond donors (Lipinski definition) is 0. The summed E-state index contributed by atoms with van der Waals surface area (Å²) in [5, 5.41) is 8.94. The zero-order valence-electron chi connectivity index (χ0n) is 17.4. The molecule has 0 atom stereocenters. The summed E-state index contributed by atoms with van der Waals surface area (Å²) in [5.74, 6) is 0.974. The third-order valence-corrected chi connectivity index (χ3v) is 6.97. The van der Waals surface area contributed by atoms with Crippen molar-refractivity contribution in [2.45, 2.75) is 17.7 Å². The molecule has 31 heavy (non-hydrogen) atoms. The van der Waals surface area contributed by atoms with Crippen LogP contribution in [0.3, 0.4) is 0 Å². The first-order valence-electron chi connectivity index (χ1n) is 9.99. The minimum atomic E-state index is -3.53. The van der Waals surface area contributed by atoms with Crippen LogP contribution in [-0.2, 0) is 14.8 Å². The third kappa shape index (κ3) is 5.54. The second-order valence-corrected chi connectivity index (χ2v) is 8.97. The molecule has 1 amide bonds. The van der Waals surface area contributed by atoms with Crippen LogP contribution in [0.15, 0.2) is 53.4 Å². The van der Waals surface area contributed by atoms with E-state index in [-0.39, 0.29) is 23.9 Å². The highest BCUT2D eigenvalue weighted by molar-refractivity contribution is 7.89. The number of amides is 1. The summed E-state index contributed by atoms with van der Waals surface area (Å²) in [6, 6.07) is 15.3. The molecule has 2 aromatic carbocycles. The average molecular weight is 444 g/mol. The number of methoxy groups -OCH3 is 1. The first kappa shape index (κ1) is 22.6. The van der Waals surface area contributed by atoms with Crippen molar-refractivity contribution in [2.24, 2.45) is 0 Å². The van der Waals surface area contributed by atoms with Gasteiger partial charge in [-0.15, -0.1) is 0 Å². The zero-order valence-corrected chi connectivity index (χ0v) is 18.2. The maximum Gasteiger partial charge on any atom is 0.243 e. The van der Waals surface area contributed by atoms with Crippen LogP contribution in [0, 0.1) is 11.3 Å². The number of ether oxygens (including phenoxy) is 2. The van der Waals surface area contributed by atoms with Gasteiger partial charge in [0.25, 0.3) is 0 Å². The van der Waals surface area contributed by atoms with Gasteiger partial charge in [0, 0.05) is 38.7 Å². The van der Waals surface area contributed by atoms with Crippen LogP contribution in [-0.4, -0.2) is 63.4 Å². The van der Waals surface area contributed by atoms with Crippen molar-refractivity contribution in [3.8, 4) is 17.6 Å². The molecule has 1 saturated heterocycles. The maximum absolute atomic E-state index is 12.7. The number of carbonyl (C=O) groups is 1. The standard InChI is InChI=1S/C22H25N3O5S/c1-29-21-16-18(17-23)9-10-20(21)30-15-5-8-22(26)24-11-13-25(14-12-24)31(27,28)19-6-3-2-4-7-19/h2-4,6-7,9-10,16H,5,8,11-15H2,1H3. The molecule has 1 aliphatic rings. The first-order chi connectivity index (χ1) is 15.0. The van der Waals surface area contributed by atoms with E-state index < -0.39 is 10.0 Å². The molecule has 0 aliphatic carbocycles. The van der Waals surface area contributed by atoms with E-state index in [0.717, 1.165) is 0 Å². The van der Waals surface area contributed by atoms with Crippen LogP contribution < -0.4 is 9.47 Å². The third-order valence-electron chi connectivity index (χ3n) is 5.06. The maximum atomic E-state index is 12.7. The molecule has 0 bridgehead atoms. The molecule has 1 heterocycles. The summed E-state index contributed by atoms with van der Waals surface area (Å²) in [6.07, 6.45) is 0.828. The van der Waals surface area contributed by atoms with Crippen molar-refractivity contribution in [1.82, 2.24) is 9.21 Å². The monoisotopic (exact) mass is 443 g/mol. The summed E-state index contributed by atoms with van der Waals surface area (Å²) < 4.78 is 37.7. The molecule has 0 spiro atoms. The number of piperazine rings is 1. The van der Waals surface area contributed by atoms with Gasteiger partial charge in [-0.2, -0.15) is 9.57 Å². The average Bonchev–Trinajstić information content (AvgIpc) is 2.82. The summed E-state index contributed by atoms with van der Waals surface area (Å²) >= 11 is 0. The van der Waals surface area contributed by atoms with Crippen molar-refractivity contribution < 1.29 is 22.7 Å². The zero-order chi connectivity index (χ0) is 22.3. The van der Waals surface area contributed by atoms with E-state index in [4.69, 9.17) is 14.7 Å². The highest BCUT2D eigenvalue weighted by Crippen LogP contribution is 2.28. The van der Waals surface area contributed by atoms with Crippen molar-refractivity contribution >= 4 is 15.9 Å². The second kappa shape index (κ2) is 10.3. The number of rotatable bonds is 8. The van der Waals surface area contributed by atoms with E-state index in [1.807, 2.05) is 6.07 Å². The van der Waals surface area contributed by atoms with Gasteiger partial charge in [0.1, 0.15) is 0 Å². The summed E-state index contributed by atoms with van der Waals surface area (Å²) in [5.41, 5.74) is 0.479. The van der Waals surface area contributed by atoms with Crippen LogP contribution in [0.1, 0.15) is 18.4 Å².